The second kappa shape index (κ2) is 8.34. The van der Waals surface area contributed by atoms with Crippen LogP contribution in [0.4, 0.5) is 0 Å². The highest BCUT2D eigenvalue weighted by atomic mass is 35.5. The van der Waals surface area contributed by atoms with Crippen molar-refractivity contribution < 1.29 is 4.65 Å². The van der Waals surface area contributed by atoms with Gasteiger partial charge in [-0.1, -0.05) is 53.5 Å². The van der Waals surface area contributed by atoms with Crippen LogP contribution in [-0.4, -0.2) is 18.5 Å². The minimum absolute atomic E-state index is 0.164. The molecule has 0 aliphatic rings. The van der Waals surface area contributed by atoms with E-state index in [1.807, 2.05) is 66.7 Å². The predicted molar refractivity (Wildman–Crippen MR) is 102 cm³/mol. The molecule has 0 radical (unpaired) electrons. The molecule has 1 aromatic heterocycles. The molecular formula is C19H16BCl2NO. The van der Waals surface area contributed by atoms with E-state index < -0.39 is 0 Å². The molecule has 3 aromatic rings. The lowest BCUT2D eigenvalue weighted by atomic mass is 9.55. The van der Waals surface area contributed by atoms with Gasteiger partial charge in [-0.2, -0.15) is 0 Å². The zero-order valence-electron chi connectivity index (χ0n) is 13.0. The summed E-state index contributed by atoms with van der Waals surface area (Å²) in [5.41, 5.74) is 3.13. The Labute approximate surface area is 152 Å². The van der Waals surface area contributed by atoms with Gasteiger partial charge < -0.3 is 4.65 Å². The fourth-order valence-corrected chi connectivity index (χ4v) is 2.74. The molecule has 120 valence electrons. The van der Waals surface area contributed by atoms with Crippen LogP contribution in [0.3, 0.4) is 0 Å². The van der Waals surface area contributed by atoms with E-state index in [0.29, 0.717) is 16.7 Å². The molecule has 0 spiro atoms. The quantitative estimate of drug-likeness (QED) is 0.628. The van der Waals surface area contributed by atoms with E-state index >= 15 is 0 Å². The van der Waals surface area contributed by atoms with E-state index in [4.69, 9.17) is 27.9 Å². The number of benzene rings is 2. The lowest BCUT2D eigenvalue weighted by Crippen LogP contribution is -2.45. The van der Waals surface area contributed by atoms with Crippen molar-refractivity contribution in [1.29, 1.82) is 0 Å². The fraction of sp³-hybridized carbons (Fsp3) is 0.105. The van der Waals surface area contributed by atoms with Crippen LogP contribution in [0.1, 0.15) is 5.69 Å². The highest BCUT2D eigenvalue weighted by Gasteiger charge is 2.21. The molecule has 0 amide bonds. The SMILES string of the molecule is Clc1ccc(B(OCCc2ccccn2)c2ccc(Cl)cc2)cc1. The molecule has 24 heavy (non-hydrogen) atoms. The second-order valence-corrected chi connectivity index (χ2v) is 6.30. The molecule has 1 heterocycles. The summed E-state index contributed by atoms with van der Waals surface area (Å²) in [6.07, 6.45) is 2.56. The van der Waals surface area contributed by atoms with Crippen molar-refractivity contribution in [3.8, 4) is 0 Å². The number of aromatic nitrogens is 1. The van der Waals surface area contributed by atoms with Crippen LogP contribution in [-0.2, 0) is 11.1 Å². The maximum Gasteiger partial charge on any atom is 0.361 e. The average molecular weight is 356 g/mol. The number of hydrogen-bond donors (Lipinski definition) is 0. The van der Waals surface area contributed by atoms with Crippen LogP contribution in [0, 0.1) is 0 Å². The maximum atomic E-state index is 6.17. The topological polar surface area (TPSA) is 22.1 Å². The number of nitrogens with zero attached hydrogens (tertiary/aromatic N) is 1. The van der Waals surface area contributed by atoms with Gasteiger partial charge in [-0.25, -0.2) is 0 Å². The van der Waals surface area contributed by atoms with Crippen molar-refractivity contribution in [3.63, 3.8) is 0 Å². The fourth-order valence-electron chi connectivity index (χ4n) is 2.49. The van der Waals surface area contributed by atoms with E-state index in [0.717, 1.165) is 23.0 Å². The normalized spacial score (nSPS) is 10.6. The molecule has 0 atom stereocenters. The average Bonchev–Trinajstić information content (AvgIpc) is 2.62. The van der Waals surface area contributed by atoms with E-state index in [2.05, 4.69) is 4.98 Å². The van der Waals surface area contributed by atoms with Crippen LogP contribution in [0.25, 0.3) is 0 Å². The molecule has 0 saturated carbocycles. The van der Waals surface area contributed by atoms with Crippen LogP contribution >= 0.6 is 23.2 Å². The predicted octanol–water partition coefficient (Wildman–Crippen LogP) is 3.75. The third-order valence-electron chi connectivity index (χ3n) is 3.71. The summed E-state index contributed by atoms with van der Waals surface area (Å²) in [7, 11) is 0. The molecule has 5 heteroatoms. The van der Waals surface area contributed by atoms with Crippen LogP contribution in [0.2, 0.25) is 10.0 Å². The summed E-state index contributed by atoms with van der Waals surface area (Å²) in [6, 6.07) is 21.4. The van der Waals surface area contributed by atoms with Gasteiger partial charge in [-0.05, 0) is 47.3 Å². The summed E-state index contributed by atoms with van der Waals surface area (Å²) in [5, 5.41) is 1.42. The van der Waals surface area contributed by atoms with Gasteiger partial charge in [0.25, 0.3) is 0 Å². The zero-order chi connectivity index (χ0) is 16.8. The van der Waals surface area contributed by atoms with Gasteiger partial charge in [0.15, 0.2) is 0 Å². The van der Waals surface area contributed by atoms with E-state index in [1.54, 1.807) is 6.20 Å². The monoisotopic (exact) mass is 355 g/mol. The number of halogens is 2. The van der Waals surface area contributed by atoms with Crippen molar-refractivity contribution in [2.24, 2.45) is 0 Å². The Bertz CT molecular complexity index is 718. The van der Waals surface area contributed by atoms with Gasteiger partial charge in [0.2, 0.25) is 0 Å². The van der Waals surface area contributed by atoms with E-state index in [1.165, 1.54) is 0 Å². The first-order valence-electron chi connectivity index (χ1n) is 7.75. The Morgan fingerprint density at radius 2 is 1.38 bits per heavy atom. The molecule has 0 N–H and O–H groups in total. The lowest BCUT2D eigenvalue weighted by molar-refractivity contribution is 0.336. The minimum atomic E-state index is -0.164. The maximum absolute atomic E-state index is 6.17. The van der Waals surface area contributed by atoms with E-state index in [-0.39, 0.29) is 6.92 Å². The van der Waals surface area contributed by atoms with Crippen molar-refractivity contribution in [1.82, 2.24) is 4.98 Å². The van der Waals surface area contributed by atoms with Crippen LogP contribution in [0.5, 0.6) is 0 Å². The first kappa shape index (κ1) is 17.0. The van der Waals surface area contributed by atoms with E-state index in [9.17, 15) is 0 Å². The highest BCUT2D eigenvalue weighted by Crippen LogP contribution is 2.08. The Morgan fingerprint density at radius 3 is 1.88 bits per heavy atom. The summed E-state index contributed by atoms with van der Waals surface area (Å²) < 4.78 is 6.17. The molecule has 0 bridgehead atoms. The molecule has 2 aromatic carbocycles. The molecule has 0 aliphatic heterocycles. The van der Waals surface area contributed by atoms with Crippen molar-refractivity contribution in [3.05, 3.63) is 88.7 Å². The van der Waals surface area contributed by atoms with Gasteiger partial charge in [-0.3, -0.25) is 4.98 Å². The summed E-state index contributed by atoms with van der Waals surface area (Å²) in [5.74, 6) is 0. The number of rotatable bonds is 6. The Balaban J connectivity index is 1.76. The van der Waals surface area contributed by atoms with Crippen molar-refractivity contribution in [2.75, 3.05) is 6.61 Å². The van der Waals surface area contributed by atoms with Gasteiger partial charge in [0.05, 0.1) is 0 Å². The third kappa shape index (κ3) is 4.61. The largest absolute Gasteiger partial charge is 0.426 e. The molecule has 0 fully saturated rings. The highest BCUT2D eigenvalue weighted by molar-refractivity contribution is 6.80. The zero-order valence-corrected chi connectivity index (χ0v) is 14.5. The molecule has 0 saturated heterocycles. The van der Waals surface area contributed by atoms with Gasteiger partial charge in [0.1, 0.15) is 0 Å². The Morgan fingerprint density at radius 1 is 0.792 bits per heavy atom. The Kier molecular flexibility index (Phi) is 5.92. The van der Waals surface area contributed by atoms with Crippen molar-refractivity contribution in [2.45, 2.75) is 6.42 Å². The summed E-state index contributed by atoms with van der Waals surface area (Å²) in [6.45, 7) is 0.413. The van der Waals surface area contributed by atoms with Crippen molar-refractivity contribution >= 4 is 41.0 Å². The molecular weight excluding hydrogens is 340 g/mol. The van der Waals surface area contributed by atoms with Gasteiger partial charge in [-0.15, -0.1) is 0 Å². The third-order valence-corrected chi connectivity index (χ3v) is 4.22. The number of pyridine rings is 1. The molecule has 0 unspecified atom stereocenters. The van der Waals surface area contributed by atoms with Crippen LogP contribution in [0.15, 0.2) is 72.9 Å². The summed E-state index contributed by atoms with van der Waals surface area (Å²) >= 11 is 12.0. The molecule has 3 rings (SSSR count). The van der Waals surface area contributed by atoms with Gasteiger partial charge in [0, 0.05) is 35.0 Å². The first-order chi connectivity index (χ1) is 11.7. The van der Waals surface area contributed by atoms with Gasteiger partial charge >= 0.3 is 6.92 Å². The smallest absolute Gasteiger partial charge is 0.361 e. The summed E-state index contributed by atoms with van der Waals surface area (Å²) in [4.78, 5) is 4.33. The number of hydrogen-bond acceptors (Lipinski definition) is 2. The Hall–Kier alpha value is -1.81. The molecule has 2 nitrogen and oxygen atoms in total. The standard InChI is InChI=1S/C19H16BCl2NO/c21-17-8-4-15(5-9-17)20(16-6-10-18(22)11-7-16)24-14-12-19-3-1-2-13-23-19/h1-11,13H,12,14H2. The second-order valence-electron chi connectivity index (χ2n) is 5.43. The lowest BCUT2D eigenvalue weighted by Gasteiger charge is -2.15. The minimum Gasteiger partial charge on any atom is -0.426 e. The van der Waals surface area contributed by atoms with Crippen LogP contribution < -0.4 is 10.9 Å². The first-order valence-corrected chi connectivity index (χ1v) is 8.50. The molecule has 0 aliphatic carbocycles.